The van der Waals surface area contributed by atoms with Crippen LogP contribution in [0.5, 0.6) is 0 Å². The first kappa shape index (κ1) is 13.1. The first-order valence-electron chi connectivity index (χ1n) is 5.93. The summed E-state index contributed by atoms with van der Waals surface area (Å²) in [5.41, 5.74) is 6.59. The molecule has 0 spiro atoms. The Morgan fingerprint density at radius 1 is 1.42 bits per heavy atom. The van der Waals surface area contributed by atoms with Crippen molar-refractivity contribution in [2.75, 3.05) is 12.3 Å². The van der Waals surface area contributed by atoms with Gasteiger partial charge in [0, 0.05) is 12.7 Å². The van der Waals surface area contributed by atoms with Gasteiger partial charge in [0.1, 0.15) is 12.4 Å². The van der Waals surface area contributed by atoms with Crippen molar-refractivity contribution in [3.8, 4) is 0 Å². The van der Waals surface area contributed by atoms with Gasteiger partial charge in [0.15, 0.2) is 0 Å². The molecule has 1 heterocycles. The lowest BCUT2D eigenvalue weighted by atomic mass is 10.1. The number of carbonyl (C=O) groups excluding carboxylic acids is 1. The Labute approximate surface area is 110 Å². The van der Waals surface area contributed by atoms with Crippen LogP contribution >= 0.6 is 0 Å². The van der Waals surface area contributed by atoms with E-state index < -0.39 is 0 Å². The van der Waals surface area contributed by atoms with Crippen molar-refractivity contribution in [1.82, 2.24) is 15.1 Å². The third-order valence-electron chi connectivity index (χ3n) is 2.63. The number of nitrogens with two attached hydrogens (primary N) is 1. The Morgan fingerprint density at radius 3 is 2.89 bits per heavy atom. The second kappa shape index (κ2) is 5.99. The van der Waals surface area contributed by atoms with Crippen molar-refractivity contribution in [3.63, 3.8) is 0 Å². The molecule has 0 atom stereocenters. The van der Waals surface area contributed by atoms with Gasteiger partial charge < -0.3 is 11.1 Å². The summed E-state index contributed by atoms with van der Waals surface area (Å²) in [6.07, 6.45) is 3.52. The predicted octanol–water partition coefficient (Wildman–Crippen LogP) is 0.963. The first-order chi connectivity index (χ1) is 9.15. The maximum Gasteiger partial charge on any atom is 0.241 e. The molecule has 1 aromatic heterocycles. The van der Waals surface area contributed by atoms with Crippen molar-refractivity contribution < 1.29 is 9.18 Å². The molecule has 0 fully saturated rings. The molecule has 0 aliphatic rings. The number of carbonyl (C=O) groups is 1. The van der Waals surface area contributed by atoms with E-state index in [-0.39, 0.29) is 18.3 Å². The standard InChI is InChI=1S/C13H15FN4O/c14-12-4-2-1-3-10(12)5-6-16-13(19)9-18-8-11(15)7-17-18/h1-4,7-8H,5-6,9,15H2,(H,16,19). The minimum atomic E-state index is -0.253. The average molecular weight is 262 g/mol. The fraction of sp³-hybridized carbons (Fsp3) is 0.231. The van der Waals surface area contributed by atoms with Crippen LogP contribution in [0.15, 0.2) is 36.7 Å². The van der Waals surface area contributed by atoms with Gasteiger partial charge in [-0.25, -0.2) is 4.39 Å². The van der Waals surface area contributed by atoms with E-state index in [1.54, 1.807) is 24.4 Å². The Bertz CT molecular complexity index is 567. The maximum absolute atomic E-state index is 13.3. The normalized spacial score (nSPS) is 10.4. The summed E-state index contributed by atoms with van der Waals surface area (Å²) >= 11 is 0. The lowest BCUT2D eigenvalue weighted by Crippen LogP contribution is -2.29. The van der Waals surface area contributed by atoms with Crippen molar-refractivity contribution in [2.45, 2.75) is 13.0 Å². The molecule has 1 amide bonds. The highest BCUT2D eigenvalue weighted by Crippen LogP contribution is 2.06. The summed E-state index contributed by atoms with van der Waals surface area (Å²) < 4.78 is 14.8. The predicted molar refractivity (Wildman–Crippen MR) is 69.8 cm³/mol. The molecule has 19 heavy (non-hydrogen) atoms. The monoisotopic (exact) mass is 262 g/mol. The molecule has 5 nitrogen and oxygen atoms in total. The smallest absolute Gasteiger partial charge is 0.241 e. The molecule has 3 N–H and O–H groups in total. The number of hydrogen-bond donors (Lipinski definition) is 2. The molecule has 6 heteroatoms. The summed E-state index contributed by atoms with van der Waals surface area (Å²) in [7, 11) is 0. The molecular weight excluding hydrogens is 247 g/mol. The van der Waals surface area contributed by atoms with Crippen molar-refractivity contribution >= 4 is 11.6 Å². The average Bonchev–Trinajstić information content (AvgIpc) is 2.77. The summed E-state index contributed by atoms with van der Waals surface area (Å²) in [5, 5.41) is 6.62. The molecule has 0 bridgehead atoms. The van der Waals surface area contributed by atoms with Gasteiger partial charge >= 0.3 is 0 Å². The van der Waals surface area contributed by atoms with Crippen LogP contribution in [-0.2, 0) is 17.8 Å². The van der Waals surface area contributed by atoms with Gasteiger partial charge in [0.2, 0.25) is 5.91 Å². The van der Waals surface area contributed by atoms with E-state index in [2.05, 4.69) is 10.4 Å². The molecule has 2 rings (SSSR count). The third kappa shape index (κ3) is 3.80. The fourth-order valence-electron chi connectivity index (χ4n) is 1.71. The minimum absolute atomic E-state index is 0.106. The number of amides is 1. The number of nitrogens with zero attached hydrogens (tertiary/aromatic N) is 2. The molecule has 100 valence electrons. The van der Waals surface area contributed by atoms with E-state index in [1.807, 2.05) is 0 Å². The number of anilines is 1. The highest BCUT2D eigenvalue weighted by atomic mass is 19.1. The van der Waals surface area contributed by atoms with E-state index in [0.29, 0.717) is 24.2 Å². The number of halogens is 1. The van der Waals surface area contributed by atoms with Gasteiger partial charge in [-0.2, -0.15) is 5.10 Å². The number of nitrogen functional groups attached to an aromatic ring is 1. The molecule has 0 saturated heterocycles. The maximum atomic E-state index is 13.3. The Balaban J connectivity index is 1.77. The second-order valence-electron chi connectivity index (χ2n) is 4.16. The van der Waals surface area contributed by atoms with Crippen LogP contribution in [0.4, 0.5) is 10.1 Å². The largest absolute Gasteiger partial charge is 0.396 e. The van der Waals surface area contributed by atoms with Crippen LogP contribution in [0.1, 0.15) is 5.56 Å². The summed E-state index contributed by atoms with van der Waals surface area (Å²) in [4.78, 5) is 11.6. The van der Waals surface area contributed by atoms with E-state index in [4.69, 9.17) is 5.73 Å². The fourth-order valence-corrected chi connectivity index (χ4v) is 1.71. The lowest BCUT2D eigenvalue weighted by Gasteiger charge is -2.06. The van der Waals surface area contributed by atoms with Crippen LogP contribution in [0.25, 0.3) is 0 Å². The molecule has 0 aliphatic carbocycles. The van der Waals surface area contributed by atoms with Gasteiger partial charge in [-0.05, 0) is 18.1 Å². The Morgan fingerprint density at radius 2 is 2.21 bits per heavy atom. The zero-order valence-corrected chi connectivity index (χ0v) is 10.3. The van der Waals surface area contributed by atoms with E-state index >= 15 is 0 Å². The topological polar surface area (TPSA) is 72.9 Å². The molecule has 0 saturated carbocycles. The zero-order chi connectivity index (χ0) is 13.7. The van der Waals surface area contributed by atoms with E-state index in [1.165, 1.54) is 16.9 Å². The Kier molecular flexibility index (Phi) is 4.12. The van der Waals surface area contributed by atoms with Crippen molar-refractivity contribution in [3.05, 3.63) is 48.0 Å². The summed E-state index contributed by atoms with van der Waals surface area (Å²) in [5.74, 6) is -0.434. The Hall–Kier alpha value is -2.37. The number of rotatable bonds is 5. The van der Waals surface area contributed by atoms with E-state index in [0.717, 1.165) is 0 Å². The quantitative estimate of drug-likeness (QED) is 0.843. The SMILES string of the molecule is Nc1cnn(CC(=O)NCCc2ccccc2F)c1. The zero-order valence-electron chi connectivity index (χ0n) is 10.3. The summed E-state index contributed by atoms with van der Waals surface area (Å²) in [6, 6.07) is 6.52. The molecule has 2 aromatic rings. The minimum Gasteiger partial charge on any atom is -0.396 e. The molecular formula is C13H15FN4O. The first-order valence-corrected chi connectivity index (χ1v) is 5.93. The van der Waals surface area contributed by atoms with E-state index in [9.17, 15) is 9.18 Å². The van der Waals surface area contributed by atoms with Gasteiger partial charge in [-0.1, -0.05) is 18.2 Å². The second-order valence-corrected chi connectivity index (χ2v) is 4.16. The van der Waals surface area contributed by atoms with Gasteiger partial charge in [-0.15, -0.1) is 0 Å². The van der Waals surface area contributed by atoms with Crippen LogP contribution < -0.4 is 11.1 Å². The van der Waals surface area contributed by atoms with Crippen LogP contribution in [0.3, 0.4) is 0 Å². The number of hydrogen-bond acceptors (Lipinski definition) is 3. The van der Waals surface area contributed by atoms with Crippen LogP contribution in [0.2, 0.25) is 0 Å². The molecule has 1 aromatic carbocycles. The van der Waals surface area contributed by atoms with Crippen molar-refractivity contribution in [2.24, 2.45) is 0 Å². The molecule has 0 aliphatic heterocycles. The van der Waals surface area contributed by atoms with Gasteiger partial charge in [0.25, 0.3) is 0 Å². The molecule has 0 unspecified atom stereocenters. The van der Waals surface area contributed by atoms with Crippen LogP contribution in [-0.4, -0.2) is 22.2 Å². The highest BCUT2D eigenvalue weighted by molar-refractivity contribution is 5.75. The lowest BCUT2D eigenvalue weighted by molar-refractivity contribution is -0.121. The number of nitrogens with one attached hydrogen (secondary N) is 1. The van der Waals surface area contributed by atoms with Crippen molar-refractivity contribution in [1.29, 1.82) is 0 Å². The van der Waals surface area contributed by atoms with Crippen LogP contribution in [0, 0.1) is 5.82 Å². The highest BCUT2D eigenvalue weighted by Gasteiger charge is 2.05. The number of aromatic nitrogens is 2. The summed E-state index contributed by atoms with van der Waals surface area (Å²) in [6.45, 7) is 0.491. The van der Waals surface area contributed by atoms with Gasteiger partial charge in [-0.3, -0.25) is 9.48 Å². The molecule has 0 radical (unpaired) electrons. The number of benzene rings is 1. The third-order valence-corrected chi connectivity index (χ3v) is 2.63. The van der Waals surface area contributed by atoms with Gasteiger partial charge in [0.05, 0.1) is 11.9 Å².